The van der Waals surface area contributed by atoms with E-state index in [2.05, 4.69) is 9.88 Å². The molecule has 0 N–H and O–H groups in total. The van der Waals surface area contributed by atoms with Gasteiger partial charge in [0.1, 0.15) is 17.6 Å². The Morgan fingerprint density at radius 2 is 1.87 bits per heavy atom. The fourth-order valence-electron chi connectivity index (χ4n) is 3.59. The molecule has 1 aromatic carbocycles. The maximum absolute atomic E-state index is 12.6. The molecule has 0 spiro atoms. The second-order valence-corrected chi connectivity index (χ2v) is 6.99. The molecule has 1 fully saturated rings. The van der Waals surface area contributed by atoms with E-state index in [0.29, 0.717) is 31.3 Å². The lowest BCUT2D eigenvalue weighted by atomic mass is 10.1. The predicted molar refractivity (Wildman–Crippen MR) is 120 cm³/mol. The number of nitrogens with zero attached hydrogens (tertiary/aromatic N) is 4. The first-order valence-electron chi connectivity index (χ1n) is 9.67. The number of benzene rings is 1. The zero-order chi connectivity index (χ0) is 21.1. The molecule has 0 amide bonds. The number of halogens is 1. The van der Waals surface area contributed by atoms with Gasteiger partial charge in [-0.25, -0.2) is 4.98 Å². The number of methoxy groups -OCH3 is 2. The smallest absolute Gasteiger partial charge is 0.255 e. The lowest BCUT2D eigenvalue weighted by Crippen LogP contribution is -2.41. The molecule has 31 heavy (non-hydrogen) atoms. The monoisotopic (exact) mass is 444 g/mol. The molecule has 0 saturated carbocycles. The molecular formula is C22H25ClN4O4. The normalized spacial score (nSPS) is 15.8. The minimum atomic E-state index is -0.245. The summed E-state index contributed by atoms with van der Waals surface area (Å²) < 4.78 is 18.5. The van der Waals surface area contributed by atoms with E-state index in [1.807, 2.05) is 30.3 Å². The third-order valence-corrected chi connectivity index (χ3v) is 5.22. The van der Waals surface area contributed by atoms with Crippen LogP contribution >= 0.6 is 12.4 Å². The van der Waals surface area contributed by atoms with Gasteiger partial charge < -0.3 is 19.1 Å². The van der Waals surface area contributed by atoms with Gasteiger partial charge in [0.25, 0.3) is 5.56 Å². The van der Waals surface area contributed by atoms with Crippen LogP contribution in [0.3, 0.4) is 0 Å². The fourth-order valence-corrected chi connectivity index (χ4v) is 3.59. The molecule has 1 aliphatic rings. The van der Waals surface area contributed by atoms with E-state index < -0.39 is 0 Å². The van der Waals surface area contributed by atoms with Crippen LogP contribution in [0.2, 0.25) is 0 Å². The van der Waals surface area contributed by atoms with Gasteiger partial charge in [-0.3, -0.25) is 14.3 Å². The van der Waals surface area contributed by atoms with Crippen molar-refractivity contribution in [2.45, 2.75) is 6.10 Å². The van der Waals surface area contributed by atoms with Crippen molar-refractivity contribution in [2.75, 3.05) is 38.8 Å². The van der Waals surface area contributed by atoms with E-state index in [0.717, 1.165) is 22.6 Å². The maximum Gasteiger partial charge on any atom is 0.255 e. The van der Waals surface area contributed by atoms with Crippen molar-refractivity contribution < 1.29 is 14.2 Å². The van der Waals surface area contributed by atoms with Gasteiger partial charge in [0.2, 0.25) is 5.95 Å². The van der Waals surface area contributed by atoms with Crippen LogP contribution in [0.4, 0.5) is 5.95 Å². The minimum Gasteiger partial charge on any atom is -0.497 e. The molecule has 0 bridgehead atoms. The highest BCUT2D eigenvalue weighted by Crippen LogP contribution is 2.34. The molecule has 9 heteroatoms. The number of morpholine rings is 1. The van der Waals surface area contributed by atoms with Crippen molar-refractivity contribution in [3.63, 3.8) is 0 Å². The summed E-state index contributed by atoms with van der Waals surface area (Å²) in [4.78, 5) is 23.5. The van der Waals surface area contributed by atoms with E-state index in [9.17, 15) is 4.79 Å². The number of pyridine rings is 1. The van der Waals surface area contributed by atoms with Crippen LogP contribution < -0.4 is 19.9 Å². The van der Waals surface area contributed by atoms with Crippen LogP contribution in [-0.2, 0) is 11.8 Å². The van der Waals surface area contributed by atoms with E-state index in [-0.39, 0.29) is 24.1 Å². The first kappa shape index (κ1) is 22.6. The Labute approximate surface area is 186 Å². The summed E-state index contributed by atoms with van der Waals surface area (Å²) in [6.45, 7) is 1.66. The van der Waals surface area contributed by atoms with Crippen LogP contribution in [0.1, 0.15) is 11.7 Å². The van der Waals surface area contributed by atoms with Gasteiger partial charge in [0.15, 0.2) is 0 Å². The molecular weight excluding hydrogens is 420 g/mol. The molecule has 1 aliphatic heterocycles. The highest BCUT2D eigenvalue weighted by molar-refractivity contribution is 5.85. The summed E-state index contributed by atoms with van der Waals surface area (Å²) in [5.41, 5.74) is 2.26. The second kappa shape index (κ2) is 9.80. The van der Waals surface area contributed by atoms with E-state index in [4.69, 9.17) is 19.2 Å². The molecule has 8 nitrogen and oxygen atoms in total. The third-order valence-electron chi connectivity index (χ3n) is 5.22. The van der Waals surface area contributed by atoms with Crippen LogP contribution in [0.5, 0.6) is 11.5 Å². The van der Waals surface area contributed by atoms with Crippen molar-refractivity contribution in [3.8, 4) is 22.8 Å². The lowest BCUT2D eigenvalue weighted by molar-refractivity contribution is 0.0373. The Hall–Kier alpha value is -3.10. The molecule has 3 heterocycles. The number of hydrogen-bond acceptors (Lipinski definition) is 7. The minimum absolute atomic E-state index is 0. The van der Waals surface area contributed by atoms with Crippen molar-refractivity contribution in [1.82, 2.24) is 14.5 Å². The highest BCUT2D eigenvalue weighted by Gasteiger charge is 2.27. The molecule has 4 rings (SSSR count). The number of aromatic nitrogens is 3. The number of ether oxygens (including phenoxy) is 3. The van der Waals surface area contributed by atoms with Gasteiger partial charge in [0, 0.05) is 43.2 Å². The van der Waals surface area contributed by atoms with Gasteiger partial charge in [-0.1, -0.05) is 0 Å². The Bertz CT molecular complexity index is 1090. The Morgan fingerprint density at radius 1 is 1.10 bits per heavy atom. The quantitative estimate of drug-likeness (QED) is 0.598. The molecule has 3 aromatic rings. The number of anilines is 1. The predicted octanol–water partition coefficient (Wildman–Crippen LogP) is 2.86. The maximum atomic E-state index is 12.6. The van der Waals surface area contributed by atoms with E-state index in [1.54, 1.807) is 44.3 Å². The Balaban J connectivity index is 0.00000272. The zero-order valence-electron chi connectivity index (χ0n) is 17.6. The van der Waals surface area contributed by atoms with Crippen molar-refractivity contribution >= 4 is 18.4 Å². The summed E-state index contributed by atoms with van der Waals surface area (Å²) in [5.74, 6) is 2.07. The molecule has 164 valence electrons. The summed E-state index contributed by atoms with van der Waals surface area (Å²) >= 11 is 0. The largest absolute Gasteiger partial charge is 0.497 e. The van der Waals surface area contributed by atoms with Gasteiger partial charge in [0.05, 0.1) is 33.1 Å². The average Bonchev–Trinajstić information content (AvgIpc) is 2.81. The summed E-state index contributed by atoms with van der Waals surface area (Å²) in [7, 11) is 5.00. The van der Waals surface area contributed by atoms with Gasteiger partial charge >= 0.3 is 0 Å². The van der Waals surface area contributed by atoms with Gasteiger partial charge in [-0.15, -0.1) is 12.4 Å². The van der Waals surface area contributed by atoms with Crippen LogP contribution in [0, 0.1) is 0 Å². The fraction of sp³-hybridized carbons (Fsp3) is 0.318. The first-order valence-corrected chi connectivity index (χ1v) is 9.67. The standard InChI is InChI=1S/C22H24N4O4.ClH/c1-25-21(27)13-18(15-6-8-23-9-7-15)24-22(25)26-10-11-30-20(14-26)17-12-16(28-2)4-5-19(17)29-3;/h4-9,12-13,20H,10-11,14H2,1-3H3;1H/t20-;/m0./s1. The second-order valence-electron chi connectivity index (χ2n) is 6.99. The Morgan fingerprint density at radius 3 is 2.58 bits per heavy atom. The van der Waals surface area contributed by atoms with Crippen molar-refractivity contribution in [2.24, 2.45) is 7.05 Å². The van der Waals surface area contributed by atoms with E-state index in [1.165, 1.54) is 0 Å². The third kappa shape index (κ3) is 4.65. The van der Waals surface area contributed by atoms with Crippen LogP contribution in [0.25, 0.3) is 11.3 Å². The molecule has 0 radical (unpaired) electrons. The SMILES string of the molecule is COc1ccc(OC)c([C@@H]2CN(c3nc(-c4ccncc4)cc(=O)n3C)CCO2)c1.Cl. The van der Waals surface area contributed by atoms with Crippen molar-refractivity contribution in [3.05, 3.63) is 64.7 Å². The lowest BCUT2D eigenvalue weighted by Gasteiger charge is -2.35. The molecule has 0 unspecified atom stereocenters. The summed E-state index contributed by atoms with van der Waals surface area (Å²) in [6, 6.07) is 10.9. The molecule has 2 aromatic heterocycles. The average molecular weight is 445 g/mol. The summed E-state index contributed by atoms with van der Waals surface area (Å²) in [6.07, 6.45) is 3.13. The van der Waals surface area contributed by atoms with E-state index >= 15 is 0 Å². The van der Waals surface area contributed by atoms with Crippen LogP contribution in [-0.4, -0.2) is 48.5 Å². The molecule has 0 aliphatic carbocycles. The zero-order valence-corrected chi connectivity index (χ0v) is 18.5. The first-order chi connectivity index (χ1) is 14.6. The highest BCUT2D eigenvalue weighted by atomic mass is 35.5. The van der Waals surface area contributed by atoms with Crippen LogP contribution in [0.15, 0.2) is 53.6 Å². The van der Waals surface area contributed by atoms with Gasteiger partial charge in [-0.2, -0.15) is 0 Å². The number of hydrogen-bond donors (Lipinski definition) is 0. The van der Waals surface area contributed by atoms with Gasteiger partial charge in [-0.05, 0) is 30.3 Å². The molecule has 1 saturated heterocycles. The van der Waals surface area contributed by atoms with Crippen molar-refractivity contribution in [1.29, 1.82) is 0 Å². The Kier molecular flexibility index (Phi) is 7.14. The molecule has 1 atom stereocenters. The topological polar surface area (TPSA) is 78.7 Å². The number of rotatable bonds is 5. The summed E-state index contributed by atoms with van der Waals surface area (Å²) in [5, 5.41) is 0.